The number of amides is 2. The average Bonchev–Trinajstić information content (AvgIpc) is 3.19. The van der Waals surface area contributed by atoms with Crippen molar-refractivity contribution in [3.8, 4) is 0 Å². The molecule has 0 saturated carbocycles. The van der Waals surface area contributed by atoms with E-state index in [9.17, 15) is 24.8 Å². The number of imide groups is 1. The minimum Gasteiger partial charge on any atom is -0.393 e. The Bertz CT molecular complexity index is 819. The fraction of sp³-hybridized carbons (Fsp3) is 0.375. The molecule has 4 atom stereocenters. The highest BCUT2D eigenvalue weighted by Crippen LogP contribution is 2.53. The van der Waals surface area contributed by atoms with E-state index in [1.807, 2.05) is 0 Å². The highest BCUT2D eigenvalue weighted by atomic mass is 16.6. The van der Waals surface area contributed by atoms with Crippen LogP contribution in [-0.4, -0.2) is 40.2 Å². The molecule has 0 aromatic heterocycles. The molecule has 3 aliphatic rings. The summed E-state index contributed by atoms with van der Waals surface area (Å²) in [5.41, 5.74) is -0.892. The standard InChI is InChI=1S/C16H14N2O6/c1-8-2-3-9(10(6-8)18(22)23)17-14(20)12-11-4-5-16(7-19,24-11)13(12)15(17)21/h2-6,11-13,19H,7H2,1H3/t11-,12-,13-,16+/m0/s1. The van der Waals surface area contributed by atoms with Gasteiger partial charge in [0.05, 0.1) is 29.5 Å². The van der Waals surface area contributed by atoms with Gasteiger partial charge in [-0.3, -0.25) is 19.7 Å². The second kappa shape index (κ2) is 4.71. The Morgan fingerprint density at radius 1 is 1.38 bits per heavy atom. The normalized spacial score (nSPS) is 33.4. The molecule has 0 unspecified atom stereocenters. The topological polar surface area (TPSA) is 110 Å². The summed E-state index contributed by atoms with van der Waals surface area (Å²) in [6.45, 7) is 1.27. The van der Waals surface area contributed by atoms with Gasteiger partial charge >= 0.3 is 0 Å². The third-order valence-electron chi connectivity index (χ3n) is 4.97. The maximum atomic E-state index is 12.9. The zero-order valence-corrected chi connectivity index (χ0v) is 12.7. The molecular formula is C16H14N2O6. The van der Waals surface area contributed by atoms with Gasteiger partial charge < -0.3 is 9.84 Å². The Kier molecular flexibility index (Phi) is 2.94. The number of nitrogens with zero attached hydrogens (tertiary/aromatic N) is 2. The molecule has 0 radical (unpaired) electrons. The van der Waals surface area contributed by atoms with Crippen LogP contribution in [0.25, 0.3) is 0 Å². The van der Waals surface area contributed by atoms with E-state index in [0.717, 1.165) is 4.90 Å². The third-order valence-corrected chi connectivity index (χ3v) is 4.97. The van der Waals surface area contributed by atoms with Crippen molar-refractivity contribution < 1.29 is 24.4 Å². The van der Waals surface area contributed by atoms with E-state index in [1.54, 1.807) is 25.1 Å². The molecule has 0 aliphatic carbocycles. The van der Waals surface area contributed by atoms with Gasteiger partial charge in [0.2, 0.25) is 11.8 Å². The van der Waals surface area contributed by atoms with Gasteiger partial charge in [-0.2, -0.15) is 0 Å². The lowest BCUT2D eigenvalue weighted by atomic mass is 9.77. The van der Waals surface area contributed by atoms with Crippen LogP contribution in [0.5, 0.6) is 0 Å². The van der Waals surface area contributed by atoms with Crippen LogP contribution in [0.3, 0.4) is 0 Å². The summed E-state index contributed by atoms with van der Waals surface area (Å²) in [5, 5.41) is 21.0. The maximum absolute atomic E-state index is 12.9. The van der Waals surface area contributed by atoms with Crippen LogP contribution < -0.4 is 4.90 Å². The van der Waals surface area contributed by atoms with Crippen molar-refractivity contribution in [1.29, 1.82) is 0 Å². The van der Waals surface area contributed by atoms with Crippen LogP contribution in [0.2, 0.25) is 0 Å². The van der Waals surface area contributed by atoms with Crippen molar-refractivity contribution in [2.45, 2.75) is 18.6 Å². The lowest BCUT2D eigenvalue weighted by molar-refractivity contribution is -0.384. The molecular weight excluding hydrogens is 316 g/mol. The monoisotopic (exact) mass is 330 g/mol. The summed E-state index contributed by atoms with van der Waals surface area (Å²) >= 11 is 0. The van der Waals surface area contributed by atoms with Gasteiger partial charge in [-0.15, -0.1) is 0 Å². The number of carbonyl (C=O) groups excluding carboxylic acids is 2. The molecule has 1 aromatic rings. The Balaban J connectivity index is 1.82. The van der Waals surface area contributed by atoms with Crippen LogP contribution in [0.4, 0.5) is 11.4 Å². The van der Waals surface area contributed by atoms with Gasteiger partial charge in [0.15, 0.2) is 0 Å². The zero-order valence-electron chi connectivity index (χ0n) is 12.7. The first-order valence-corrected chi connectivity index (χ1v) is 7.50. The number of aliphatic hydroxyl groups excluding tert-OH is 1. The van der Waals surface area contributed by atoms with Crippen LogP contribution in [0, 0.1) is 28.9 Å². The minimum atomic E-state index is -1.21. The molecule has 8 nitrogen and oxygen atoms in total. The molecule has 1 aromatic carbocycles. The van der Waals surface area contributed by atoms with E-state index in [4.69, 9.17) is 4.74 Å². The molecule has 3 heterocycles. The molecule has 24 heavy (non-hydrogen) atoms. The number of carbonyl (C=O) groups is 2. The van der Waals surface area contributed by atoms with Crippen molar-refractivity contribution in [3.05, 3.63) is 46.0 Å². The number of ether oxygens (including phenoxy) is 1. The zero-order chi connectivity index (χ0) is 17.2. The van der Waals surface area contributed by atoms with Gasteiger partial charge in [-0.05, 0) is 18.6 Å². The number of aliphatic hydroxyl groups is 1. The summed E-state index contributed by atoms with van der Waals surface area (Å²) in [6.07, 6.45) is 2.68. The predicted octanol–water partition coefficient (Wildman–Crippen LogP) is 0.709. The van der Waals surface area contributed by atoms with Crippen molar-refractivity contribution in [2.75, 3.05) is 11.5 Å². The molecule has 2 saturated heterocycles. The quantitative estimate of drug-likeness (QED) is 0.378. The summed E-state index contributed by atoms with van der Waals surface area (Å²) in [5.74, 6) is -2.71. The molecule has 2 bridgehead atoms. The van der Waals surface area contributed by atoms with Gasteiger partial charge in [0, 0.05) is 6.07 Å². The number of benzene rings is 1. The van der Waals surface area contributed by atoms with Gasteiger partial charge in [0.1, 0.15) is 11.3 Å². The Morgan fingerprint density at radius 3 is 2.79 bits per heavy atom. The van der Waals surface area contributed by atoms with Crippen LogP contribution in [-0.2, 0) is 14.3 Å². The average molecular weight is 330 g/mol. The first-order valence-electron chi connectivity index (χ1n) is 7.50. The molecule has 2 amide bonds. The summed E-state index contributed by atoms with van der Waals surface area (Å²) in [7, 11) is 0. The number of nitro groups is 1. The Hall–Kier alpha value is -2.58. The van der Waals surface area contributed by atoms with E-state index in [0.29, 0.717) is 5.56 Å². The second-order valence-electron chi connectivity index (χ2n) is 6.32. The number of aryl methyl sites for hydroxylation is 1. The molecule has 4 rings (SSSR count). The number of rotatable bonds is 3. The van der Waals surface area contributed by atoms with E-state index < -0.39 is 46.9 Å². The highest BCUT2D eigenvalue weighted by molar-refractivity contribution is 6.24. The largest absolute Gasteiger partial charge is 0.393 e. The van der Waals surface area contributed by atoms with Crippen molar-refractivity contribution in [3.63, 3.8) is 0 Å². The number of nitro benzene ring substituents is 1. The lowest BCUT2D eigenvalue weighted by Crippen LogP contribution is -2.43. The molecule has 8 heteroatoms. The van der Waals surface area contributed by atoms with Crippen molar-refractivity contribution >= 4 is 23.2 Å². The molecule has 1 N–H and O–H groups in total. The smallest absolute Gasteiger partial charge is 0.293 e. The van der Waals surface area contributed by atoms with Crippen LogP contribution in [0.1, 0.15) is 5.56 Å². The molecule has 2 fully saturated rings. The van der Waals surface area contributed by atoms with E-state index in [-0.39, 0.29) is 11.4 Å². The van der Waals surface area contributed by atoms with Gasteiger partial charge in [-0.25, -0.2) is 4.90 Å². The van der Waals surface area contributed by atoms with Gasteiger partial charge in [-0.1, -0.05) is 18.2 Å². The number of hydrogen-bond acceptors (Lipinski definition) is 6. The molecule has 124 valence electrons. The first-order chi connectivity index (χ1) is 11.4. The van der Waals surface area contributed by atoms with Crippen LogP contribution in [0.15, 0.2) is 30.4 Å². The maximum Gasteiger partial charge on any atom is 0.293 e. The first kappa shape index (κ1) is 15.0. The predicted molar refractivity (Wildman–Crippen MR) is 81.1 cm³/mol. The van der Waals surface area contributed by atoms with E-state index in [1.165, 1.54) is 12.1 Å². The third kappa shape index (κ3) is 1.69. The minimum absolute atomic E-state index is 0.0394. The van der Waals surface area contributed by atoms with Gasteiger partial charge in [0.25, 0.3) is 5.69 Å². The summed E-state index contributed by atoms with van der Waals surface area (Å²) in [6, 6.07) is 4.35. The Labute approximate surface area is 136 Å². The van der Waals surface area contributed by atoms with Crippen molar-refractivity contribution in [2.24, 2.45) is 11.8 Å². The van der Waals surface area contributed by atoms with Crippen molar-refractivity contribution in [1.82, 2.24) is 0 Å². The second-order valence-corrected chi connectivity index (χ2v) is 6.32. The molecule has 3 aliphatic heterocycles. The lowest BCUT2D eigenvalue weighted by Gasteiger charge is -2.26. The fourth-order valence-corrected chi connectivity index (χ4v) is 3.89. The number of hydrogen-bond donors (Lipinski definition) is 1. The highest BCUT2D eigenvalue weighted by Gasteiger charge is 2.68. The molecule has 0 spiro atoms. The van der Waals surface area contributed by atoms with E-state index >= 15 is 0 Å². The van der Waals surface area contributed by atoms with E-state index in [2.05, 4.69) is 0 Å². The fourth-order valence-electron chi connectivity index (χ4n) is 3.89. The number of anilines is 1. The summed E-state index contributed by atoms with van der Waals surface area (Å²) in [4.78, 5) is 37.3. The number of fused-ring (bicyclic) bond motifs is 5. The van der Waals surface area contributed by atoms with Crippen LogP contribution >= 0.6 is 0 Å². The Morgan fingerprint density at radius 2 is 2.12 bits per heavy atom. The SMILES string of the molecule is Cc1ccc(N2C(=O)[C@H]3[C@@H]4C=C[C@](CO)(O4)[C@@H]3C2=O)c([N+](=O)[O-])c1. The summed E-state index contributed by atoms with van der Waals surface area (Å²) < 4.78 is 5.63.